The van der Waals surface area contributed by atoms with Crippen molar-refractivity contribution in [3.8, 4) is 5.88 Å². The van der Waals surface area contributed by atoms with E-state index in [0.29, 0.717) is 12.4 Å². The van der Waals surface area contributed by atoms with Crippen LogP contribution in [-0.4, -0.2) is 21.6 Å². The van der Waals surface area contributed by atoms with E-state index in [1.165, 1.54) is 23.2 Å². The van der Waals surface area contributed by atoms with Gasteiger partial charge >= 0.3 is 0 Å². The van der Waals surface area contributed by atoms with Crippen molar-refractivity contribution in [1.82, 2.24) is 14.5 Å². The van der Waals surface area contributed by atoms with E-state index in [9.17, 15) is 4.79 Å². The van der Waals surface area contributed by atoms with Crippen LogP contribution in [0.2, 0.25) is 0 Å². The number of pyridine rings is 1. The van der Waals surface area contributed by atoms with Gasteiger partial charge in [0.25, 0.3) is 5.56 Å². The second-order valence-corrected chi connectivity index (χ2v) is 3.22. The molecule has 0 saturated carbocycles. The molecule has 2 aromatic heterocycles. The lowest BCUT2D eigenvalue weighted by Gasteiger charge is -2.07. The molecule has 16 heavy (non-hydrogen) atoms. The van der Waals surface area contributed by atoms with E-state index in [1.807, 2.05) is 6.07 Å². The van der Waals surface area contributed by atoms with Gasteiger partial charge in [0.1, 0.15) is 0 Å². The largest absolute Gasteiger partial charge is 0.481 e. The summed E-state index contributed by atoms with van der Waals surface area (Å²) < 4.78 is 6.61. The maximum absolute atomic E-state index is 11.5. The Morgan fingerprint density at radius 2 is 2.25 bits per heavy atom. The molecular weight excluding hydrogens is 206 g/mol. The van der Waals surface area contributed by atoms with Gasteiger partial charge in [-0.15, -0.1) is 0 Å². The molecule has 2 rings (SSSR count). The Morgan fingerprint density at radius 3 is 3.00 bits per heavy atom. The zero-order valence-corrected chi connectivity index (χ0v) is 8.83. The molecule has 0 radical (unpaired) electrons. The monoisotopic (exact) mass is 217 g/mol. The van der Waals surface area contributed by atoms with Gasteiger partial charge in [-0.25, -0.2) is 9.97 Å². The van der Waals surface area contributed by atoms with Gasteiger partial charge in [0, 0.05) is 24.0 Å². The van der Waals surface area contributed by atoms with E-state index < -0.39 is 0 Å². The standard InChI is InChI=1S/C11H11N3O2/c1-16-11-9(3-2-5-13-11)7-14-8-12-6-4-10(14)15/h2-6,8H,7H2,1H3. The maximum Gasteiger partial charge on any atom is 0.253 e. The van der Waals surface area contributed by atoms with Gasteiger partial charge in [-0.2, -0.15) is 0 Å². The molecule has 0 aliphatic heterocycles. The fourth-order valence-corrected chi connectivity index (χ4v) is 1.41. The van der Waals surface area contributed by atoms with Crippen LogP contribution in [0.4, 0.5) is 0 Å². The van der Waals surface area contributed by atoms with Crippen molar-refractivity contribution in [1.29, 1.82) is 0 Å². The Bertz CT molecular complexity index is 537. The van der Waals surface area contributed by atoms with Gasteiger partial charge in [0.15, 0.2) is 0 Å². The lowest BCUT2D eigenvalue weighted by molar-refractivity contribution is 0.391. The Morgan fingerprint density at radius 1 is 1.38 bits per heavy atom. The molecule has 0 saturated heterocycles. The van der Waals surface area contributed by atoms with Crippen LogP contribution in [0.3, 0.4) is 0 Å². The van der Waals surface area contributed by atoms with Gasteiger partial charge in [-0.1, -0.05) is 6.07 Å². The molecule has 5 nitrogen and oxygen atoms in total. The van der Waals surface area contributed by atoms with E-state index in [1.54, 1.807) is 19.4 Å². The predicted molar refractivity (Wildman–Crippen MR) is 58.4 cm³/mol. The Kier molecular flexibility index (Phi) is 2.95. The van der Waals surface area contributed by atoms with Gasteiger partial charge < -0.3 is 4.74 Å². The van der Waals surface area contributed by atoms with Crippen molar-refractivity contribution < 1.29 is 4.74 Å². The van der Waals surface area contributed by atoms with Crippen LogP contribution in [0.15, 0.2) is 41.7 Å². The number of ether oxygens (including phenoxy) is 1. The van der Waals surface area contributed by atoms with Crippen molar-refractivity contribution in [3.63, 3.8) is 0 Å². The van der Waals surface area contributed by atoms with E-state index in [0.717, 1.165) is 5.56 Å². The molecular formula is C11H11N3O2. The third kappa shape index (κ3) is 2.08. The minimum Gasteiger partial charge on any atom is -0.481 e. The van der Waals surface area contributed by atoms with Crippen LogP contribution in [0.25, 0.3) is 0 Å². The second-order valence-electron chi connectivity index (χ2n) is 3.22. The van der Waals surface area contributed by atoms with Crippen molar-refractivity contribution >= 4 is 0 Å². The van der Waals surface area contributed by atoms with Gasteiger partial charge in [0.2, 0.25) is 5.88 Å². The van der Waals surface area contributed by atoms with E-state index in [2.05, 4.69) is 9.97 Å². The minimum absolute atomic E-state index is 0.0964. The Balaban J connectivity index is 2.34. The van der Waals surface area contributed by atoms with E-state index in [-0.39, 0.29) is 5.56 Å². The lowest BCUT2D eigenvalue weighted by Crippen LogP contribution is -2.19. The molecule has 0 spiro atoms. The predicted octanol–water partition coefficient (Wildman–Crippen LogP) is 0.695. The van der Waals surface area contributed by atoms with Crippen LogP contribution in [0.5, 0.6) is 5.88 Å². The lowest BCUT2D eigenvalue weighted by atomic mass is 10.2. The van der Waals surface area contributed by atoms with Crippen LogP contribution < -0.4 is 10.3 Å². The number of hydrogen-bond acceptors (Lipinski definition) is 4. The van der Waals surface area contributed by atoms with Crippen molar-refractivity contribution in [3.05, 3.63) is 52.8 Å². The summed E-state index contributed by atoms with van der Waals surface area (Å²) in [6, 6.07) is 5.09. The average Bonchev–Trinajstić information content (AvgIpc) is 2.33. The summed E-state index contributed by atoms with van der Waals surface area (Å²) in [5.74, 6) is 0.526. The summed E-state index contributed by atoms with van der Waals surface area (Å²) in [5, 5.41) is 0. The van der Waals surface area contributed by atoms with Crippen LogP contribution in [0, 0.1) is 0 Å². The number of hydrogen-bond donors (Lipinski definition) is 0. The topological polar surface area (TPSA) is 57.0 Å². The quantitative estimate of drug-likeness (QED) is 0.759. The maximum atomic E-state index is 11.5. The molecule has 0 aliphatic rings. The Hall–Kier alpha value is -2.17. The highest BCUT2D eigenvalue weighted by atomic mass is 16.5. The van der Waals surface area contributed by atoms with Crippen LogP contribution >= 0.6 is 0 Å². The highest BCUT2D eigenvalue weighted by molar-refractivity contribution is 5.25. The number of aromatic nitrogens is 3. The SMILES string of the molecule is COc1ncccc1Cn1cnccc1=O. The molecule has 2 heterocycles. The molecule has 0 aliphatic carbocycles. The molecule has 0 fully saturated rings. The molecule has 2 aromatic rings. The Labute approximate surface area is 92.4 Å². The summed E-state index contributed by atoms with van der Waals surface area (Å²) in [6.07, 6.45) is 4.61. The first-order valence-corrected chi connectivity index (χ1v) is 4.79. The molecule has 0 atom stereocenters. The highest BCUT2D eigenvalue weighted by Gasteiger charge is 2.04. The fraction of sp³-hybridized carbons (Fsp3) is 0.182. The van der Waals surface area contributed by atoms with E-state index in [4.69, 9.17) is 4.74 Å². The normalized spacial score (nSPS) is 10.1. The zero-order valence-electron chi connectivity index (χ0n) is 8.83. The van der Waals surface area contributed by atoms with Gasteiger partial charge in [-0.05, 0) is 6.07 Å². The summed E-state index contributed by atoms with van der Waals surface area (Å²) in [5.41, 5.74) is 0.751. The summed E-state index contributed by atoms with van der Waals surface area (Å²) in [6.45, 7) is 0.406. The van der Waals surface area contributed by atoms with Crippen LogP contribution in [-0.2, 0) is 6.54 Å². The third-order valence-electron chi connectivity index (χ3n) is 2.18. The molecule has 0 unspecified atom stereocenters. The number of methoxy groups -OCH3 is 1. The van der Waals surface area contributed by atoms with Gasteiger partial charge in [0.05, 0.1) is 20.0 Å². The van der Waals surface area contributed by atoms with Crippen molar-refractivity contribution in [2.75, 3.05) is 7.11 Å². The molecule has 0 aromatic carbocycles. The molecule has 0 N–H and O–H groups in total. The smallest absolute Gasteiger partial charge is 0.253 e. The first kappa shape index (κ1) is 10.4. The van der Waals surface area contributed by atoms with Gasteiger partial charge in [-0.3, -0.25) is 9.36 Å². The van der Waals surface area contributed by atoms with Crippen molar-refractivity contribution in [2.45, 2.75) is 6.54 Å². The van der Waals surface area contributed by atoms with Crippen LogP contribution in [0.1, 0.15) is 5.56 Å². The van der Waals surface area contributed by atoms with Crippen molar-refractivity contribution in [2.24, 2.45) is 0 Å². The third-order valence-corrected chi connectivity index (χ3v) is 2.18. The molecule has 82 valence electrons. The first-order chi connectivity index (χ1) is 7.81. The summed E-state index contributed by atoms with van der Waals surface area (Å²) >= 11 is 0. The second kappa shape index (κ2) is 4.57. The molecule has 0 amide bonds. The average molecular weight is 217 g/mol. The summed E-state index contributed by atoms with van der Waals surface area (Å²) in [7, 11) is 1.55. The molecule has 5 heteroatoms. The fourth-order valence-electron chi connectivity index (χ4n) is 1.41. The molecule has 0 bridgehead atoms. The zero-order chi connectivity index (χ0) is 11.4. The van der Waals surface area contributed by atoms with E-state index >= 15 is 0 Å². The number of rotatable bonds is 3. The summed E-state index contributed by atoms with van der Waals surface area (Å²) in [4.78, 5) is 19.4. The highest BCUT2D eigenvalue weighted by Crippen LogP contribution is 2.13. The first-order valence-electron chi connectivity index (χ1n) is 4.79. The number of nitrogens with zero attached hydrogens (tertiary/aromatic N) is 3. The minimum atomic E-state index is -0.0964.